The first-order chi connectivity index (χ1) is 13.8. The summed E-state index contributed by atoms with van der Waals surface area (Å²) >= 11 is 0. The van der Waals surface area contributed by atoms with Crippen LogP contribution in [0, 0.1) is 5.92 Å². The molecule has 1 heterocycles. The van der Waals surface area contributed by atoms with E-state index in [1.54, 1.807) is 4.90 Å². The monoisotopic (exact) mass is 396 g/mol. The van der Waals surface area contributed by atoms with Crippen LogP contribution in [0.5, 0.6) is 11.5 Å². The molecule has 1 N–H and O–H groups in total. The third-order valence-corrected chi connectivity index (χ3v) is 4.61. The number of carbonyl (C=O) groups excluding carboxylic acids is 2. The number of hydrogen-bond acceptors (Lipinski definition) is 4. The van der Waals surface area contributed by atoms with Crippen LogP contribution in [0.3, 0.4) is 0 Å². The van der Waals surface area contributed by atoms with E-state index in [4.69, 9.17) is 9.47 Å². The third-order valence-electron chi connectivity index (χ3n) is 4.61. The van der Waals surface area contributed by atoms with Crippen molar-refractivity contribution >= 4 is 12.0 Å². The average molecular weight is 396 g/mol. The lowest BCUT2D eigenvalue weighted by Crippen LogP contribution is -2.37. The average Bonchev–Trinajstić information content (AvgIpc) is 3.17. The molecule has 2 aromatic carbocycles. The maximum absolute atomic E-state index is 12.6. The maximum Gasteiger partial charge on any atom is 0.410 e. The molecule has 6 nitrogen and oxygen atoms in total. The van der Waals surface area contributed by atoms with Gasteiger partial charge in [0.2, 0.25) is 5.91 Å². The number of ether oxygens (including phenoxy) is 2. The topological polar surface area (TPSA) is 67.9 Å². The normalized spacial score (nSPS) is 16.4. The summed E-state index contributed by atoms with van der Waals surface area (Å²) in [7, 11) is 0. The maximum atomic E-state index is 12.6. The van der Waals surface area contributed by atoms with Crippen molar-refractivity contribution in [1.29, 1.82) is 0 Å². The fourth-order valence-electron chi connectivity index (χ4n) is 3.16. The van der Waals surface area contributed by atoms with E-state index in [2.05, 4.69) is 5.32 Å². The highest BCUT2D eigenvalue weighted by Gasteiger charge is 2.33. The molecule has 0 bridgehead atoms. The van der Waals surface area contributed by atoms with Crippen LogP contribution in [-0.4, -0.2) is 35.6 Å². The predicted molar refractivity (Wildman–Crippen MR) is 111 cm³/mol. The molecule has 0 aliphatic carbocycles. The van der Waals surface area contributed by atoms with E-state index in [0.29, 0.717) is 31.8 Å². The van der Waals surface area contributed by atoms with E-state index in [0.717, 1.165) is 11.3 Å². The molecule has 154 valence electrons. The number of carbonyl (C=O) groups is 2. The highest BCUT2D eigenvalue weighted by atomic mass is 16.6. The molecule has 3 rings (SSSR count). The van der Waals surface area contributed by atoms with Crippen molar-refractivity contribution in [3.05, 3.63) is 60.2 Å². The molecule has 0 aromatic heterocycles. The number of benzene rings is 2. The van der Waals surface area contributed by atoms with Crippen molar-refractivity contribution in [3.8, 4) is 11.5 Å². The minimum Gasteiger partial charge on any atom is -0.457 e. The second-order valence-electron chi connectivity index (χ2n) is 8.15. The van der Waals surface area contributed by atoms with Gasteiger partial charge >= 0.3 is 6.09 Å². The first-order valence-corrected chi connectivity index (χ1v) is 9.88. The zero-order valence-electron chi connectivity index (χ0n) is 17.2. The van der Waals surface area contributed by atoms with Crippen molar-refractivity contribution in [1.82, 2.24) is 10.2 Å². The van der Waals surface area contributed by atoms with Crippen LogP contribution < -0.4 is 10.1 Å². The Morgan fingerprint density at radius 2 is 1.76 bits per heavy atom. The number of amides is 2. The molecule has 6 heteroatoms. The Kier molecular flexibility index (Phi) is 6.42. The predicted octanol–water partition coefficient (Wildman–Crippen LogP) is 4.35. The third kappa shape index (κ3) is 5.98. The molecule has 29 heavy (non-hydrogen) atoms. The van der Waals surface area contributed by atoms with E-state index in [9.17, 15) is 9.59 Å². The zero-order chi connectivity index (χ0) is 20.9. The summed E-state index contributed by atoms with van der Waals surface area (Å²) in [6.07, 6.45) is 0.266. The standard InChI is InChI=1S/C23H28N2O4/c1-23(2,3)29-22(27)25-14-13-18(16-25)21(26)24-15-17-9-7-8-12-20(17)28-19-10-5-4-6-11-19/h4-12,18H,13-16H2,1-3H3,(H,24,26). The van der Waals surface area contributed by atoms with Crippen LogP contribution in [0.1, 0.15) is 32.8 Å². The van der Waals surface area contributed by atoms with Crippen LogP contribution in [0.25, 0.3) is 0 Å². The molecule has 1 saturated heterocycles. The van der Waals surface area contributed by atoms with Crippen molar-refractivity contribution in [2.75, 3.05) is 13.1 Å². The van der Waals surface area contributed by atoms with Gasteiger partial charge in [-0.05, 0) is 45.4 Å². The van der Waals surface area contributed by atoms with Gasteiger partial charge < -0.3 is 19.7 Å². The van der Waals surface area contributed by atoms with E-state index < -0.39 is 5.60 Å². The lowest BCUT2D eigenvalue weighted by Gasteiger charge is -2.24. The minimum atomic E-state index is -0.542. The van der Waals surface area contributed by atoms with E-state index in [1.165, 1.54) is 0 Å². The number of hydrogen-bond donors (Lipinski definition) is 1. The lowest BCUT2D eigenvalue weighted by molar-refractivity contribution is -0.124. The van der Waals surface area contributed by atoms with Crippen LogP contribution >= 0.6 is 0 Å². The van der Waals surface area contributed by atoms with E-state index in [-0.39, 0.29) is 17.9 Å². The molecule has 1 aliphatic rings. The van der Waals surface area contributed by atoms with E-state index >= 15 is 0 Å². The van der Waals surface area contributed by atoms with Gasteiger partial charge in [0.25, 0.3) is 0 Å². The molecule has 0 radical (unpaired) electrons. The van der Waals surface area contributed by atoms with Crippen LogP contribution in [0.15, 0.2) is 54.6 Å². The van der Waals surface area contributed by atoms with Crippen LogP contribution in [-0.2, 0) is 16.1 Å². The van der Waals surface area contributed by atoms with Crippen LogP contribution in [0.2, 0.25) is 0 Å². The van der Waals surface area contributed by atoms with Gasteiger partial charge in [0, 0.05) is 25.2 Å². The fourth-order valence-corrected chi connectivity index (χ4v) is 3.16. The smallest absolute Gasteiger partial charge is 0.410 e. The summed E-state index contributed by atoms with van der Waals surface area (Å²) in [6.45, 7) is 6.77. The summed E-state index contributed by atoms with van der Waals surface area (Å²) in [5, 5.41) is 2.98. The summed E-state index contributed by atoms with van der Waals surface area (Å²) in [4.78, 5) is 26.4. The van der Waals surface area contributed by atoms with Gasteiger partial charge in [-0.3, -0.25) is 4.79 Å². The molecule has 0 spiro atoms. The number of likely N-dealkylation sites (tertiary alicyclic amines) is 1. The molecular formula is C23H28N2O4. The zero-order valence-corrected chi connectivity index (χ0v) is 17.2. The van der Waals surface area contributed by atoms with Crippen molar-refractivity contribution in [2.24, 2.45) is 5.92 Å². The Hall–Kier alpha value is -3.02. The SMILES string of the molecule is CC(C)(C)OC(=O)N1CCC(C(=O)NCc2ccccc2Oc2ccccc2)C1. The van der Waals surface area contributed by atoms with Crippen molar-refractivity contribution in [3.63, 3.8) is 0 Å². The Labute approximate surface area is 171 Å². The summed E-state index contributed by atoms with van der Waals surface area (Å²) in [5.74, 6) is 1.16. The molecule has 0 saturated carbocycles. The number of nitrogens with zero attached hydrogens (tertiary/aromatic N) is 1. The molecular weight excluding hydrogens is 368 g/mol. The van der Waals surface area contributed by atoms with Gasteiger partial charge in [-0.15, -0.1) is 0 Å². The van der Waals surface area contributed by atoms with Crippen molar-refractivity contribution in [2.45, 2.75) is 39.3 Å². The summed E-state index contributed by atoms with van der Waals surface area (Å²) in [6, 6.07) is 17.2. The molecule has 1 fully saturated rings. The summed E-state index contributed by atoms with van der Waals surface area (Å²) < 4.78 is 11.3. The van der Waals surface area contributed by atoms with Gasteiger partial charge in [-0.2, -0.15) is 0 Å². The highest BCUT2D eigenvalue weighted by molar-refractivity contribution is 5.80. The van der Waals surface area contributed by atoms with Gasteiger partial charge in [-0.25, -0.2) is 4.79 Å². The van der Waals surface area contributed by atoms with E-state index in [1.807, 2.05) is 75.4 Å². The largest absolute Gasteiger partial charge is 0.457 e. The Morgan fingerprint density at radius 3 is 2.48 bits per heavy atom. The van der Waals surface area contributed by atoms with Gasteiger partial charge in [0.15, 0.2) is 0 Å². The van der Waals surface area contributed by atoms with Crippen molar-refractivity contribution < 1.29 is 19.1 Å². The minimum absolute atomic E-state index is 0.0643. The number of para-hydroxylation sites is 2. The molecule has 2 amide bonds. The Morgan fingerprint density at radius 1 is 1.07 bits per heavy atom. The first-order valence-electron chi connectivity index (χ1n) is 9.88. The number of nitrogens with one attached hydrogen (secondary N) is 1. The Bertz CT molecular complexity index is 845. The van der Waals surface area contributed by atoms with Gasteiger partial charge in [0.05, 0.1) is 5.92 Å². The van der Waals surface area contributed by atoms with Crippen LogP contribution in [0.4, 0.5) is 4.79 Å². The lowest BCUT2D eigenvalue weighted by atomic mass is 10.1. The van der Waals surface area contributed by atoms with Gasteiger partial charge in [-0.1, -0.05) is 36.4 Å². The molecule has 1 aliphatic heterocycles. The molecule has 1 unspecified atom stereocenters. The molecule has 1 atom stereocenters. The fraction of sp³-hybridized carbons (Fsp3) is 0.391. The second-order valence-corrected chi connectivity index (χ2v) is 8.15. The first kappa shape index (κ1) is 20.7. The Balaban J connectivity index is 1.54. The molecule has 2 aromatic rings. The van der Waals surface area contributed by atoms with Gasteiger partial charge in [0.1, 0.15) is 17.1 Å². The number of rotatable bonds is 5. The second kappa shape index (κ2) is 8.99. The highest BCUT2D eigenvalue weighted by Crippen LogP contribution is 2.25. The quantitative estimate of drug-likeness (QED) is 0.816. The summed E-state index contributed by atoms with van der Waals surface area (Å²) in [5.41, 5.74) is 0.353.